The Bertz CT molecular complexity index is 1740. The zero-order chi connectivity index (χ0) is 45.3. The van der Waals surface area contributed by atoms with E-state index in [1.807, 2.05) is 11.1 Å². The van der Waals surface area contributed by atoms with Crippen molar-refractivity contribution in [2.24, 2.45) is 118 Å². The third-order valence-corrected chi connectivity index (χ3v) is 24.6. The van der Waals surface area contributed by atoms with E-state index in [9.17, 15) is 5.26 Å². The van der Waals surface area contributed by atoms with E-state index in [2.05, 4.69) is 30.0 Å². The van der Waals surface area contributed by atoms with Crippen molar-refractivity contribution in [1.29, 1.82) is 5.26 Å². The molecule has 0 radical (unpaired) electrons. The molecule has 67 heavy (non-hydrogen) atoms. The quantitative estimate of drug-likeness (QED) is 0.167. The fraction of sp³-hybridized carbons (Fsp3) is 0.908. The van der Waals surface area contributed by atoms with Crippen molar-refractivity contribution >= 4 is 0 Å². The molecule has 370 valence electrons. The highest BCUT2D eigenvalue weighted by molar-refractivity contribution is 5.20. The Morgan fingerprint density at radius 2 is 0.940 bits per heavy atom. The van der Waals surface area contributed by atoms with Crippen molar-refractivity contribution in [3.05, 3.63) is 34.7 Å². The molecule has 0 aromatic rings. The van der Waals surface area contributed by atoms with Crippen LogP contribution in [-0.4, -0.2) is 6.04 Å². The largest absolute Gasteiger partial charge is 0.314 e. The molecule has 13 unspecified atom stereocenters. The second kappa shape index (κ2) is 22.1. The fourth-order valence-electron chi connectivity index (χ4n) is 21.3. The van der Waals surface area contributed by atoms with Crippen LogP contribution in [0.25, 0.3) is 4.85 Å². The molecular formula is C65H100N2. The number of allylic oxidation sites excluding steroid dienone is 4. The van der Waals surface area contributed by atoms with Gasteiger partial charge in [-0.1, -0.05) is 101 Å². The van der Waals surface area contributed by atoms with E-state index < -0.39 is 0 Å². The number of hydrogen-bond acceptors (Lipinski definition) is 1. The minimum absolute atomic E-state index is 0.309. The van der Waals surface area contributed by atoms with Crippen LogP contribution in [0.4, 0.5) is 0 Å². The number of fused-ring (bicyclic) bond motifs is 5. The third kappa shape index (κ3) is 10.4. The maximum atomic E-state index is 9.75. The third-order valence-electron chi connectivity index (χ3n) is 24.6. The number of rotatable bonds is 9. The average Bonchev–Trinajstić information content (AvgIpc) is 3.77. The summed E-state index contributed by atoms with van der Waals surface area (Å²) in [5.74, 6) is 18.6. The molecule has 0 saturated heterocycles. The zero-order valence-electron chi connectivity index (χ0n) is 43.3. The van der Waals surface area contributed by atoms with E-state index in [4.69, 9.17) is 6.57 Å². The lowest BCUT2D eigenvalue weighted by Gasteiger charge is -2.47. The van der Waals surface area contributed by atoms with Gasteiger partial charge in [0.25, 0.3) is 0 Å². The van der Waals surface area contributed by atoms with Crippen LogP contribution in [0.3, 0.4) is 0 Å². The summed E-state index contributed by atoms with van der Waals surface area (Å²) in [6.07, 6.45) is 59.7. The fourth-order valence-corrected chi connectivity index (χ4v) is 21.3. The highest BCUT2D eigenvalue weighted by Crippen LogP contribution is 2.62. The molecule has 13 atom stereocenters. The summed E-state index contributed by atoms with van der Waals surface area (Å²) >= 11 is 0. The molecule has 11 fully saturated rings. The van der Waals surface area contributed by atoms with Crippen LogP contribution in [0.15, 0.2) is 23.3 Å². The molecule has 0 bridgehead atoms. The molecule has 0 heterocycles. The lowest BCUT2D eigenvalue weighted by atomic mass is 9.58. The molecule has 0 spiro atoms. The van der Waals surface area contributed by atoms with Crippen molar-refractivity contribution in [3.8, 4) is 6.07 Å². The van der Waals surface area contributed by atoms with Gasteiger partial charge in [0, 0.05) is 18.8 Å². The Hall–Kier alpha value is -1.54. The summed E-state index contributed by atoms with van der Waals surface area (Å²) in [4.78, 5) is 4.03. The minimum atomic E-state index is 0.309. The van der Waals surface area contributed by atoms with Gasteiger partial charge in [-0.2, -0.15) is 5.26 Å². The molecule has 0 aromatic carbocycles. The summed E-state index contributed by atoms with van der Waals surface area (Å²) in [6, 6.07) is 2.97. The van der Waals surface area contributed by atoms with Gasteiger partial charge in [-0.15, -0.1) is 0 Å². The molecule has 11 saturated carbocycles. The van der Waals surface area contributed by atoms with E-state index in [-0.39, 0.29) is 0 Å². The van der Waals surface area contributed by atoms with Crippen molar-refractivity contribution in [3.63, 3.8) is 0 Å². The van der Waals surface area contributed by atoms with E-state index >= 15 is 0 Å². The highest BCUT2D eigenvalue weighted by atomic mass is 14.7. The minimum Gasteiger partial charge on any atom is -0.314 e. The van der Waals surface area contributed by atoms with Crippen LogP contribution in [0.2, 0.25) is 0 Å². The van der Waals surface area contributed by atoms with Gasteiger partial charge in [0.05, 0.1) is 6.07 Å². The van der Waals surface area contributed by atoms with Gasteiger partial charge in [0.2, 0.25) is 6.04 Å². The highest BCUT2D eigenvalue weighted by Gasteiger charge is 2.53. The predicted molar refractivity (Wildman–Crippen MR) is 278 cm³/mol. The van der Waals surface area contributed by atoms with Gasteiger partial charge in [-0.05, 0) is 267 Å². The first kappa shape index (κ1) is 47.8. The van der Waals surface area contributed by atoms with Gasteiger partial charge >= 0.3 is 0 Å². The van der Waals surface area contributed by atoms with Crippen LogP contribution in [-0.2, 0) is 0 Å². The maximum absolute atomic E-state index is 9.75. The normalized spacial score (nSPS) is 48.7. The molecule has 11 aliphatic rings. The van der Waals surface area contributed by atoms with Gasteiger partial charge in [-0.3, -0.25) is 0 Å². The molecule has 0 N–H and O–H groups in total. The SMILES string of the molecule is [C-]#[N+]C1CCC(/C(=C/C2CCC(C3CC(CC)C4C(C3)CC3CC(C5CCC(/C=C(\C6CCC(C#N)CC6)C6CCCC7CCCCC76)CC5)CCC34)CC2)C2CCCC3CCCCC32)CC1. The van der Waals surface area contributed by atoms with Crippen molar-refractivity contribution in [2.45, 2.75) is 251 Å². The summed E-state index contributed by atoms with van der Waals surface area (Å²) < 4.78 is 0. The molecule has 0 aromatic heterocycles. The van der Waals surface area contributed by atoms with Crippen molar-refractivity contribution < 1.29 is 0 Å². The zero-order valence-corrected chi connectivity index (χ0v) is 43.3. The Balaban J connectivity index is 0.697. The average molecular weight is 910 g/mol. The van der Waals surface area contributed by atoms with Gasteiger partial charge in [0.15, 0.2) is 0 Å². The Labute approximate surface area is 413 Å². The summed E-state index contributed by atoms with van der Waals surface area (Å²) in [5.41, 5.74) is 3.91. The van der Waals surface area contributed by atoms with Crippen LogP contribution in [0, 0.1) is 136 Å². The number of hydrogen-bond donors (Lipinski definition) is 0. The van der Waals surface area contributed by atoms with Crippen LogP contribution in [0.5, 0.6) is 0 Å². The van der Waals surface area contributed by atoms with Gasteiger partial charge < -0.3 is 4.85 Å². The van der Waals surface area contributed by atoms with Crippen molar-refractivity contribution in [1.82, 2.24) is 0 Å². The first-order chi connectivity index (χ1) is 33.0. The van der Waals surface area contributed by atoms with E-state index in [1.165, 1.54) is 173 Å². The smallest absolute Gasteiger partial charge is 0.223 e. The second-order valence-corrected chi connectivity index (χ2v) is 27.5. The Morgan fingerprint density at radius 1 is 0.448 bits per heavy atom. The second-order valence-electron chi connectivity index (χ2n) is 27.5. The van der Waals surface area contributed by atoms with Gasteiger partial charge in [0.1, 0.15) is 0 Å². The summed E-state index contributed by atoms with van der Waals surface area (Å²) in [7, 11) is 0. The van der Waals surface area contributed by atoms with Gasteiger partial charge in [-0.25, -0.2) is 6.57 Å². The van der Waals surface area contributed by atoms with Crippen LogP contribution < -0.4 is 0 Å². The van der Waals surface area contributed by atoms with Crippen molar-refractivity contribution in [2.75, 3.05) is 0 Å². The Morgan fingerprint density at radius 3 is 1.49 bits per heavy atom. The monoisotopic (exact) mass is 909 g/mol. The number of nitrogens with zero attached hydrogens (tertiary/aromatic N) is 2. The van der Waals surface area contributed by atoms with E-state index in [1.54, 1.807) is 38.5 Å². The molecule has 2 heteroatoms. The molecular weight excluding hydrogens is 809 g/mol. The molecule has 11 rings (SSSR count). The maximum Gasteiger partial charge on any atom is 0.223 e. The lowest BCUT2D eigenvalue weighted by molar-refractivity contribution is 0.0368. The number of nitriles is 1. The summed E-state index contributed by atoms with van der Waals surface area (Å²) in [6.45, 7) is 10.3. The Kier molecular flexibility index (Phi) is 15.7. The van der Waals surface area contributed by atoms with Crippen LogP contribution >= 0.6 is 0 Å². The topological polar surface area (TPSA) is 28.1 Å². The van der Waals surface area contributed by atoms with Crippen LogP contribution in [0.1, 0.15) is 244 Å². The van der Waals surface area contributed by atoms with E-state index in [0.29, 0.717) is 12.0 Å². The molecule has 11 aliphatic carbocycles. The first-order valence-electron chi connectivity index (χ1n) is 31.2. The first-order valence-corrected chi connectivity index (χ1v) is 31.2. The lowest BCUT2D eigenvalue weighted by Crippen LogP contribution is -2.38. The standard InChI is InChI=1S/C65H100N2/c1-3-46-38-54(48-26-20-44(21-27-48)37-64(52-30-33-57(67-2)34-31-52)62-17-9-13-50-11-5-7-15-59(50)62)40-56-41-55-39-53(32-35-60(55)65(46)56)47-24-18-43(19-25-47)36-63(51-28-22-45(42-66)23-29-51)61-16-8-12-49-10-4-6-14-58(49)61/h36-37,43-62,65H,3-35,38-41H2,1H3/b63-36+,64-37-. The molecule has 0 amide bonds. The molecule has 2 nitrogen and oxygen atoms in total. The van der Waals surface area contributed by atoms with E-state index in [0.717, 1.165) is 138 Å². The predicted octanol–water partition coefficient (Wildman–Crippen LogP) is 18.6. The molecule has 0 aliphatic heterocycles. The summed E-state index contributed by atoms with van der Waals surface area (Å²) in [5, 5.41) is 9.75.